The summed E-state index contributed by atoms with van der Waals surface area (Å²) in [5.41, 5.74) is 0. The Morgan fingerprint density at radius 2 is 1.58 bits per heavy atom. The number of carboxylic acids is 2. The highest BCUT2D eigenvalue weighted by molar-refractivity contribution is 5.92. The molecule has 1 rings (SSSR count). The van der Waals surface area contributed by atoms with Gasteiger partial charge in [-0.05, 0) is 12.8 Å². The molecule has 138 valence electrons. The van der Waals surface area contributed by atoms with E-state index in [1.54, 1.807) is 0 Å². The second-order valence-electron chi connectivity index (χ2n) is 5.44. The number of carboxylic acid groups (broad SMARTS) is 2. The van der Waals surface area contributed by atoms with Gasteiger partial charge in [0.05, 0.1) is 6.61 Å². The van der Waals surface area contributed by atoms with E-state index < -0.39 is 61.0 Å². The van der Waals surface area contributed by atoms with E-state index in [2.05, 4.69) is 5.32 Å². The third-order valence-electron chi connectivity index (χ3n) is 3.69. The van der Waals surface area contributed by atoms with Crippen molar-refractivity contribution < 1.29 is 49.8 Å². The number of amides is 1. The van der Waals surface area contributed by atoms with Crippen molar-refractivity contribution in [3.8, 4) is 0 Å². The van der Waals surface area contributed by atoms with Crippen LogP contribution in [0.2, 0.25) is 0 Å². The van der Waals surface area contributed by atoms with Gasteiger partial charge in [-0.2, -0.15) is 0 Å². The van der Waals surface area contributed by atoms with Crippen molar-refractivity contribution in [2.24, 2.45) is 5.92 Å². The van der Waals surface area contributed by atoms with Crippen molar-refractivity contribution in [3.63, 3.8) is 0 Å². The molecule has 1 aliphatic rings. The van der Waals surface area contributed by atoms with E-state index in [4.69, 9.17) is 20.1 Å². The predicted molar refractivity (Wildman–Crippen MR) is 74.5 cm³/mol. The van der Waals surface area contributed by atoms with Crippen LogP contribution in [0.5, 0.6) is 0 Å². The maximum absolute atomic E-state index is 11.8. The Morgan fingerprint density at radius 1 is 1.00 bits per heavy atom. The first kappa shape index (κ1) is 20.3. The summed E-state index contributed by atoms with van der Waals surface area (Å²) in [6, 6.07) is 0. The van der Waals surface area contributed by atoms with E-state index in [9.17, 15) is 29.7 Å². The highest BCUT2D eigenvalue weighted by Crippen LogP contribution is 2.20. The maximum Gasteiger partial charge on any atom is 0.317 e. The zero-order chi connectivity index (χ0) is 18.4. The molecule has 11 nitrogen and oxygen atoms in total. The van der Waals surface area contributed by atoms with E-state index in [-0.39, 0.29) is 19.3 Å². The van der Waals surface area contributed by atoms with Crippen LogP contribution in [0.25, 0.3) is 0 Å². The minimum Gasteiger partial charge on any atom is -0.481 e. The van der Waals surface area contributed by atoms with Crippen molar-refractivity contribution in [2.75, 3.05) is 6.61 Å². The molecular formula is C13H21NO10. The lowest BCUT2D eigenvalue weighted by molar-refractivity contribution is -0.236. The van der Waals surface area contributed by atoms with E-state index in [1.807, 2.05) is 0 Å². The molecule has 7 N–H and O–H groups in total. The molecule has 1 aliphatic heterocycles. The van der Waals surface area contributed by atoms with Crippen LogP contribution in [-0.2, 0) is 19.1 Å². The average Bonchev–Trinajstić information content (AvgIpc) is 2.51. The SMILES string of the molecule is O=C(CCCC(C(=O)O)C(=O)O)N[C@@H]1O[C@H](CO)[C@H](O)[C@H](O)[C@H]1O. The van der Waals surface area contributed by atoms with Gasteiger partial charge in [0, 0.05) is 6.42 Å². The molecule has 0 bridgehead atoms. The van der Waals surface area contributed by atoms with Crippen LogP contribution in [0.4, 0.5) is 0 Å². The second kappa shape index (κ2) is 8.89. The number of nitrogens with one attached hydrogen (secondary N) is 1. The van der Waals surface area contributed by atoms with Crippen LogP contribution in [0.3, 0.4) is 0 Å². The largest absolute Gasteiger partial charge is 0.481 e. The molecule has 11 heteroatoms. The number of ether oxygens (including phenoxy) is 1. The van der Waals surface area contributed by atoms with E-state index >= 15 is 0 Å². The number of aliphatic hydroxyl groups is 4. The summed E-state index contributed by atoms with van der Waals surface area (Å²) in [6.45, 7) is -0.643. The standard InChI is InChI=1S/C13H21NO10/c15-4-6-8(17)9(18)10(19)11(24-6)14-7(16)3-1-2-5(12(20)21)13(22)23/h5-6,8-11,15,17-19H,1-4H2,(H,14,16)(H,20,21)(H,22,23)/t6-,8+,9+,10-,11-/m1/s1. The molecular weight excluding hydrogens is 330 g/mol. The lowest BCUT2D eigenvalue weighted by Gasteiger charge is -2.40. The molecule has 1 amide bonds. The van der Waals surface area contributed by atoms with Crippen LogP contribution >= 0.6 is 0 Å². The first-order valence-corrected chi connectivity index (χ1v) is 7.24. The Hall–Kier alpha value is -1.79. The Balaban J connectivity index is 2.49. The number of rotatable bonds is 8. The fraction of sp³-hybridized carbons (Fsp3) is 0.769. The zero-order valence-corrected chi connectivity index (χ0v) is 12.6. The fourth-order valence-electron chi connectivity index (χ4n) is 2.27. The van der Waals surface area contributed by atoms with Gasteiger partial charge in [-0.3, -0.25) is 14.4 Å². The molecule has 0 aliphatic carbocycles. The molecule has 1 heterocycles. The summed E-state index contributed by atoms with van der Waals surface area (Å²) in [5, 5.41) is 57.6. The molecule has 0 spiro atoms. The van der Waals surface area contributed by atoms with Crippen molar-refractivity contribution in [2.45, 2.75) is 49.9 Å². The Kier molecular flexibility index (Phi) is 7.51. The van der Waals surface area contributed by atoms with Crippen molar-refractivity contribution in [3.05, 3.63) is 0 Å². The van der Waals surface area contributed by atoms with Crippen molar-refractivity contribution in [1.29, 1.82) is 0 Å². The number of carbonyl (C=O) groups is 3. The molecule has 0 radical (unpaired) electrons. The van der Waals surface area contributed by atoms with Gasteiger partial charge in [0.2, 0.25) is 5.91 Å². The molecule has 24 heavy (non-hydrogen) atoms. The van der Waals surface area contributed by atoms with Crippen LogP contribution < -0.4 is 5.32 Å². The molecule has 0 aromatic heterocycles. The first-order chi connectivity index (χ1) is 11.2. The van der Waals surface area contributed by atoms with Crippen LogP contribution in [0.15, 0.2) is 0 Å². The van der Waals surface area contributed by atoms with Gasteiger partial charge in [0.1, 0.15) is 24.4 Å². The first-order valence-electron chi connectivity index (χ1n) is 7.24. The Morgan fingerprint density at radius 3 is 2.08 bits per heavy atom. The monoisotopic (exact) mass is 351 g/mol. The highest BCUT2D eigenvalue weighted by Gasteiger charge is 2.43. The highest BCUT2D eigenvalue weighted by atomic mass is 16.6. The van der Waals surface area contributed by atoms with Gasteiger partial charge in [-0.25, -0.2) is 0 Å². The van der Waals surface area contributed by atoms with Crippen molar-refractivity contribution in [1.82, 2.24) is 5.32 Å². The predicted octanol–water partition coefficient (Wildman–Crippen LogP) is -3.14. The summed E-state index contributed by atoms with van der Waals surface area (Å²) in [5.74, 6) is -5.30. The van der Waals surface area contributed by atoms with Gasteiger partial charge in [-0.1, -0.05) is 0 Å². The van der Waals surface area contributed by atoms with E-state index in [1.165, 1.54) is 0 Å². The molecule has 0 unspecified atom stereocenters. The fourth-order valence-corrected chi connectivity index (χ4v) is 2.27. The summed E-state index contributed by atoms with van der Waals surface area (Å²) in [6.07, 6.45) is -7.88. The molecule has 0 aromatic carbocycles. The Labute approximate surface area is 136 Å². The summed E-state index contributed by atoms with van der Waals surface area (Å²) in [7, 11) is 0. The summed E-state index contributed by atoms with van der Waals surface area (Å²) in [4.78, 5) is 33.2. The third-order valence-corrected chi connectivity index (χ3v) is 3.69. The Bertz CT molecular complexity index is 454. The summed E-state index contributed by atoms with van der Waals surface area (Å²) >= 11 is 0. The number of hydrogen-bond acceptors (Lipinski definition) is 8. The van der Waals surface area contributed by atoms with Gasteiger partial charge in [-0.15, -0.1) is 0 Å². The van der Waals surface area contributed by atoms with E-state index in [0.29, 0.717) is 0 Å². The topological polar surface area (TPSA) is 194 Å². The molecule has 5 atom stereocenters. The average molecular weight is 351 g/mol. The van der Waals surface area contributed by atoms with Gasteiger partial charge < -0.3 is 40.7 Å². The smallest absolute Gasteiger partial charge is 0.317 e. The quantitative estimate of drug-likeness (QED) is 0.220. The van der Waals surface area contributed by atoms with E-state index in [0.717, 1.165) is 0 Å². The molecule has 1 fully saturated rings. The molecule has 1 saturated heterocycles. The number of carbonyl (C=O) groups excluding carboxylic acids is 1. The van der Waals surface area contributed by atoms with Crippen LogP contribution in [-0.4, -0.2) is 85.7 Å². The second-order valence-corrected chi connectivity index (χ2v) is 5.44. The molecule has 0 aromatic rings. The lowest BCUT2D eigenvalue weighted by atomic mass is 9.98. The van der Waals surface area contributed by atoms with Crippen LogP contribution in [0, 0.1) is 5.92 Å². The minimum absolute atomic E-state index is 0.0352. The summed E-state index contributed by atoms with van der Waals surface area (Å²) < 4.78 is 5.07. The lowest BCUT2D eigenvalue weighted by Crippen LogP contribution is -2.63. The van der Waals surface area contributed by atoms with Crippen LogP contribution in [0.1, 0.15) is 19.3 Å². The number of aliphatic carboxylic acids is 2. The zero-order valence-electron chi connectivity index (χ0n) is 12.6. The van der Waals surface area contributed by atoms with Crippen molar-refractivity contribution >= 4 is 17.8 Å². The third kappa shape index (κ3) is 5.11. The van der Waals surface area contributed by atoms with Gasteiger partial charge in [0.25, 0.3) is 0 Å². The van der Waals surface area contributed by atoms with Gasteiger partial charge in [0.15, 0.2) is 12.1 Å². The number of hydrogen-bond donors (Lipinski definition) is 7. The maximum atomic E-state index is 11.8. The minimum atomic E-state index is -1.63. The normalized spacial score (nSPS) is 30.1. The van der Waals surface area contributed by atoms with Gasteiger partial charge >= 0.3 is 11.9 Å². The number of aliphatic hydroxyl groups excluding tert-OH is 4. The molecule has 0 saturated carbocycles.